The second-order valence-corrected chi connectivity index (χ2v) is 14.0. The van der Waals surface area contributed by atoms with E-state index in [1.165, 1.54) is 16.6 Å². The molecule has 0 aliphatic heterocycles. The number of rotatable bonds is 5. The van der Waals surface area contributed by atoms with Crippen molar-refractivity contribution in [3.05, 3.63) is 58.6 Å². The number of aliphatic hydroxyl groups is 2. The topological polar surface area (TPSA) is 74.6 Å². The maximum atomic E-state index is 12.4. The van der Waals surface area contributed by atoms with E-state index >= 15 is 0 Å². The van der Waals surface area contributed by atoms with E-state index in [1.54, 1.807) is 20.8 Å². The van der Waals surface area contributed by atoms with Gasteiger partial charge in [0.2, 0.25) is 0 Å². The summed E-state index contributed by atoms with van der Waals surface area (Å²) in [5, 5.41) is 21.6. The van der Waals surface area contributed by atoms with Crippen LogP contribution < -0.4 is 0 Å². The first-order chi connectivity index (χ1) is 15.3. The van der Waals surface area contributed by atoms with Gasteiger partial charge in [-0.2, -0.15) is 0 Å². The maximum absolute atomic E-state index is 12.4. The molecule has 4 unspecified atom stereocenters. The predicted octanol–water partition coefficient (Wildman–Crippen LogP) is 5.80. The lowest BCUT2D eigenvalue weighted by Crippen LogP contribution is -2.32. The molecule has 2 saturated carbocycles. The van der Waals surface area contributed by atoms with Crippen LogP contribution in [-0.2, 0) is 9.84 Å². The van der Waals surface area contributed by atoms with Crippen molar-refractivity contribution in [2.24, 2.45) is 17.3 Å². The van der Waals surface area contributed by atoms with E-state index < -0.39 is 26.8 Å². The molecule has 0 aromatic heterocycles. The monoisotopic (exact) mass is 474 g/mol. The van der Waals surface area contributed by atoms with Crippen LogP contribution in [0.2, 0.25) is 0 Å². The second kappa shape index (κ2) is 9.67. The molecular formula is C28H42O4S. The van der Waals surface area contributed by atoms with Crippen LogP contribution >= 0.6 is 0 Å². The molecule has 0 saturated heterocycles. The Morgan fingerprint density at radius 3 is 2.64 bits per heavy atom. The summed E-state index contributed by atoms with van der Waals surface area (Å²) in [7, 11) is -3.25. The van der Waals surface area contributed by atoms with Gasteiger partial charge in [0, 0.05) is 11.8 Å². The average Bonchev–Trinajstić information content (AvgIpc) is 3.06. The lowest BCUT2D eigenvalue weighted by Gasteiger charge is -2.42. The van der Waals surface area contributed by atoms with Crippen molar-refractivity contribution in [1.29, 1.82) is 0 Å². The van der Waals surface area contributed by atoms with Gasteiger partial charge in [0.15, 0.2) is 9.84 Å². The van der Waals surface area contributed by atoms with Crippen LogP contribution in [0.1, 0.15) is 79.6 Å². The Balaban J connectivity index is 1.74. The van der Waals surface area contributed by atoms with Gasteiger partial charge in [-0.3, -0.25) is 0 Å². The first-order valence-electron chi connectivity index (χ1n) is 12.3. The Hall–Kier alpha value is -1.43. The number of hydrogen-bond donors (Lipinski definition) is 2. The summed E-state index contributed by atoms with van der Waals surface area (Å²) in [6.45, 7) is 13.8. The number of hydrogen-bond acceptors (Lipinski definition) is 4. The van der Waals surface area contributed by atoms with Crippen molar-refractivity contribution in [2.45, 2.75) is 96.5 Å². The molecular weight excluding hydrogens is 432 g/mol. The Bertz CT molecular complexity index is 989. The van der Waals surface area contributed by atoms with Crippen LogP contribution in [0.4, 0.5) is 0 Å². The smallest absolute Gasteiger partial charge is 0.176 e. The zero-order valence-corrected chi connectivity index (χ0v) is 21.8. The van der Waals surface area contributed by atoms with Gasteiger partial charge in [-0.15, -0.1) is 0 Å². The summed E-state index contributed by atoms with van der Waals surface area (Å²) in [6.07, 6.45) is 13.3. The maximum Gasteiger partial charge on any atom is 0.176 e. The van der Waals surface area contributed by atoms with E-state index in [-0.39, 0.29) is 5.41 Å². The van der Waals surface area contributed by atoms with Crippen molar-refractivity contribution in [3.63, 3.8) is 0 Å². The van der Waals surface area contributed by atoms with E-state index in [4.69, 9.17) is 0 Å². The van der Waals surface area contributed by atoms with Gasteiger partial charge >= 0.3 is 0 Å². The molecule has 0 aromatic rings. The van der Waals surface area contributed by atoms with Crippen molar-refractivity contribution >= 4 is 9.84 Å². The van der Waals surface area contributed by atoms with E-state index in [1.807, 2.05) is 6.08 Å². The molecule has 5 heteroatoms. The lowest BCUT2D eigenvalue weighted by molar-refractivity contribution is 0.0862. The molecule has 0 heterocycles. The Morgan fingerprint density at radius 2 is 1.97 bits per heavy atom. The van der Waals surface area contributed by atoms with Crippen LogP contribution in [0.25, 0.3) is 0 Å². The largest absolute Gasteiger partial charge is 0.393 e. The Morgan fingerprint density at radius 1 is 1.27 bits per heavy atom. The normalized spacial score (nSPS) is 34.7. The van der Waals surface area contributed by atoms with Gasteiger partial charge in [-0.25, -0.2) is 8.42 Å². The summed E-state index contributed by atoms with van der Waals surface area (Å²) < 4.78 is 24.0. The van der Waals surface area contributed by atoms with E-state index in [0.29, 0.717) is 24.7 Å². The fraction of sp³-hybridized carbons (Fsp3) is 0.643. The van der Waals surface area contributed by atoms with Gasteiger partial charge in [-0.1, -0.05) is 55.9 Å². The van der Waals surface area contributed by atoms with Gasteiger partial charge in [0.1, 0.15) is 0 Å². The summed E-state index contributed by atoms with van der Waals surface area (Å²) in [6, 6.07) is 0. The number of sulfone groups is 1. The molecule has 0 amide bonds. The molecule has 4 nitrogen and oxygen atoms in total. The Kier molecular flexibility index (Phi) is 7.67. The number of aliphatic hydroxyl groups excluding tert-OH is 2. The zero-order valence-electron chi connectivity index (χ0n) is 21.0. The summed E-state index contributed by atoms with van der Waals surface area (Å²) in [5.41, 5.74) is 4.66. The SMILES string of the molecule is C=C1C(=CC=C2CCC[C@]3(C)C(C(C)CC=CS(=O)(=O)C(C)(C)C)=CCC23)CC(O)CC1O. The molecule has 3 aliphatic carbocycles. The van der Waals surface area contributed by atoms with E-state index in [0.717, 1.165) is 43.3 Å². The number of fused-ring (bicyclic) bond motifs is 1. The lowest BCUT2D eigenvalue weighted by atomic mass is 9.62. The highest BCUT2D eigenvalue weighted by Crippen LogP contribution is 2.57. The minimum Gasteiger partial charge on any atom is -0.393 e. The molecule has 0 radical (unpaired) electrons. The molecule has 33 heavy (non-hydrogen) atoms. The van der Waals surface area contributed by atoms with Crippen molar-refractivity contribution < 1.29 is 18.6 Å². The number of allylic oxidation sites excluding steroid dienone is 6. The standard InChI is InChI=1S/C28H42O4S/c1-19(9-8-16-33(31,32)27(3,4)5)24-13-14-25-21(10-7-15-28(24,25)6)11-12-22-17-23(29)18-26(30)20(22)2/h8,11-13,16,19,23,25-26,29-30H,2,7,9-10,14-15,17-18H2,1,3-6H3/t19?,23?,25?,26?,28-/m1/s1. The predicted molar refractivity (Wildman–Crippen MR) is 136 cm³/mol. The van der Waals surface area contributed by atoms with Crippen LogP contribution in [0.5, 0.6) is 0 Å². The molecule has 5 atom stereocenters. The Labute approximate surface area is 200 Å². The highest BCUT2D eigenvalue weighted by atomic mass is 32.2. The van der Waals surface area contributed by atoms with Gasteiger partial charge in [0.05, 0.1) is 17.0 Å². The highest BCUT2D eigenvalue weighted by Gasteiger charge is 2.45. The second-order valence-electron chi connectivity index (χ2n) is 11.5. The average molecular weight is 475 g/mol. The summed E-state index contributed by atoms with van der Waals surface area (Å²) in [4.78, 5) is 0. The van der Waals surface area contributed by atoms with E-state index in [2.05, 4.69) is 38.7 Å². The van der Waals surface area contributed by atoms with Crippen molar-refractivity contribution in [1.82, 2.24) is 0 Å². The fourth-order valence-electron chi connectivity index (χ4n) is 5.80. The van der Waals surface area contributed by atoms with Crippen LogP contribution in [-0.4, -0.2) is 35.6 Å². The quantitative estimate of drug-likeness (QED) is 0.494. The van der Waals surface area contributed by atoms with Crippen LogP contribution in [0.15, 0.2) is 58.6 Å². The van der Waals surface area contributed by atoms with Gasteiger partial charge < -0.3 is 10.2 Å². The molecule has 2 fully saturated rings. The molecule has 184 valence electrons. The van der Waals surface area contributed by atoms with Crippen molar-refractivity contribution in [2.75, 3.05) is 0 Å². The molecule has 3 rings (SSSR count). The first-order valence-corrected chi connectivity index (χ1v) is 13.9. The molecule has 3 aliphatic rings. The zero-order chi connectivity index (χ0) is 24.6. The third-order valence-corrected chi connectivity index (χ3v) is 10.3. The minimum atomic E-state index is -3.25. The van der Waals surface area contributed by atoms with E-state index in [9.17, 15) is 18.6 Å². The first kappa shape index (κ1) is 26.2. The fourth-order valence-corrected chi connectivity index (χ4v) is 6.57. The molecule has 2 N–H and O–H groups in total. The molecule has 0 aromatic carbocycles. The van der Waals surface area contributed by atoms with Gasteiger partial charge in [-0.05, 0) is 87.7 Å². The minimum absolute atomic E-state index is 0.0986. The summed E-state index contributed by atoms with van der Waals surface area (Å²) >= 11 is 0. The third-order valence-electron chi connectivity index (χ3n) is 8.02. The van der Waals surface area contributed by atoms with Crippen molar-refractivity contribution in [3.8, 4) is 0 Å². The highest BCUT2D eigenvalue weighted by molar-refractivity contribution is 7.95. The van der Waals surface area contributed by atoms with Crippen LogP contribution in [0, 0.1) is 17.3 Å². The summed E-state index contributed by atoms with van der Waals surface area (Å²) in [5.74, 6) is 0.752. The van der Waals surface area contributed by atoms with Crippen LogP contribution in [0.3, 0.4) is 0 Å². The van der Waals surface area contributed by atoms with Gasteiger partial charge in [0.25, 0.3) is 0 Å². The molecule has 0 bridgehead atoms. The molecule has 0 spiro atoms. The third kappa shape index (κ3) is 5.47.